The van der Waals surface area contributed by atoms with Crippen LogP contribution in [0.4, 0.5) is 0 Å². The summed E-state index contributed by atoms with van der Waals surface area (Å²) in [5, 5.41) is 4.85. The Kier molecular flexibility index (Phi) is 5.09. The Hall–Kier alpha value is -2.44. The zero-order valence-corrected chi connectivity index (χ0v) is 16.5. The highest BCUT2D eigenvalue weighted by Gasteiger charge is 2.40. The van der Waals surface area contributed by atoms with Gasteiger partial charge in [-0.1, -0.05) is 24.6 Å². The van der Waals surface area contributed by atoms with Crippen molar-refractivity contribution in [2.24, 2.45) is 0 Å². The zero-order chi connectivity index (χ0) is 18.8. The maximum absolute atomic E-state index is 6.01. The summed E-state index contributed by atoms with van der Waals surface area (Å²) in [7, 11) is 0. The van der Waals surface area contributed by atoms with Crippen LogP contribution >= 0.6 is 23.8 Å². The van der Waals surface area contributed by atoms with E-state index >= 15 is 0 Å². The standard InChI is InChI=1S/C20H20ClN5S/c1-2-11-26-19(18(24-20(26)27)15-6-3-4-10-22-15)16-7-5-12-25(16)17-9-8-14(21)13-23-17/h3-10,12-13,18-19H,2,11H2,1H3,(H,24,27)/t18-,19+/m1/s1. The Morgan fingerprint density at radius 2 is 2.04 bits per heavy atom. The molecule has 0 radical (unpaired) electrons. The Bertz CT molecular complexity index is 925. The lowest BCUT2D eigenvalue weighted by Crippen LogP contribution is -2.31. The van der Waals surface area contributed by atoms with Gasteiger partial charge < -0.3 is 14.8 Å². The summed E-state index contributed by atoms with van der Waals surface area (Å²) in [5.41, 5.74) is 2.08. The van der Waals surface area contributed by atoms with E-state index in [2.05, 4.69) is 37.7 Å². The first kappa shape index (κ1) is 17.9. The van der Waals surface area contributed by atoms with Crippen molar-refractivity contribution in [2.75, 3.05) is 6.54 Å². The Labute approximate surface area is 169 Å². The van der Waals surface area contributed by atoms with E-state index in [4.69, 9.17) is 23.8 Å². The molecule has 4 rings (SSSR count). The lowest BCUT2D eigenvalue weighted by atomic mass is 10.0. The maximum atomic E-state index is 6.01. The van der Waals surface area contributed by atoms with E-state index in [-0.39, 0.29) is 12.1 Å². The number of nitrogens with one attached hydrogen (secondary N) is 1. The Morgan fingerprint density at radius 1 is 1.15 bits per heavy atom. The van der Waals surface area contributed by atoms with Crippen LogP contribution in [0.2, 0.25) is 5.02 Å². The largest absolute Gasteiger partial charge is 0.352 e. The first-order valence-electron chi connectivity index (χ1n) is 8.96. The van der Waals surface area contributed by atoms with Gasteiger partial charge in [0, 0.05) is 30.8 Å². The Morgan fingerprint density at radius 3 is 2.74 bits per heavy atom. The van der Waals surface area contributed by atoms with Crippen LogP contribution in [0.5, 0.6) is 0 Å². The molecule has 1 fully saturated rings. The molecule has 4 heterocycles. The third kappa shape index (κ3) is 3.42. The average Bonchev–Trinajstić information content (AvgIpc) is 3.28. The number of aromatic nitrogens is 3. The van der Waals surface area contributed by atoms with Crippen molar-refractivity contribution in [3.63, 3.8) is 0 Å². The molecule has 0 aromatic carbocycles. The van der Waals surface area contributed by atoms with Crippen LogP contribution in [-0.2, 0) is 0 Å². The quantitative estimate of drug-likeness (QED) is 0.650. The third-order valence-corrected chi connectivity index (χ3v) is 5.28. The lowest BCUT2D eigenvalue weighted by Gasteiger charge is -2.28. The van der Waals surface area contributed by atoms with Crippen molar-refractivity contribution < 1.29 is 0 Å². The molecule has 7 heteroatoms. The molecule has 0 aliphatic carbocycles. The van der Waals surface area contributed by atoms with Gasteiger partial charge in [0.25, 0.3) is 0 Å². The molecular weight excluding hydrogens is 378 g/mol. The highest BCUT2D eigenvalue weighted by atomic mass is 35.5. The van der Waals surface area contributed by atoms with E-state index in [1.54, 1.807) is 6.20 Å². The van der Waals surface area contributed by atoms with E-state index in [9.17, 15) is 0 Å². The number of pyridine rings is 2. The van der Waals surface area contributed by atoms with Gasteiger partial charge in [0.15, 0.2) is 5.11 Å². The van der Waals surface area contributed by atoms with Gasteiger partial charge in [-0.05, 0) is 55.0 Å². The molecule has 3 aromatic heterocycles. The van der Waals surface area contributed by atoms with Crippen LogP contribution in [0.1, 0.15) is 36.8 Å². The van der Waals surface area contributed by atoms with Crippen LogP contribution < -0.4 is 5.32 Å². The molecule has 0 spiro atoms. The summed E-state index contributed by atoms with van der Waals surface area (Å²) >= 11 is 11.7. The van der Waals surface area contributed by atoms with Crippen molar-refractivity contribution in [3.05, 3.63) is 77.5 Å². The predicted octanol–water partition coefficient (Wildman–Crippen LogP) is 4.30. The summed E-state index contributed by atoms with van der Waals surface area (Å²) in [5.74, 6) is 0.827. The van der Waals surface area contributed by atoms with Crippen LogP contribution in [0, 0.1) is 0 Å². The van der Waals surface area contributed by atoms with Crippen LogP contribution in [-0.4, -0.2) is 31.1 Å². The molecular formula is C20H20ClN5S. The second-order valence-electron chi connectivity index (χ2n) is 6.46. The summed E-state index contributed by atoms with van der Waals surface area (Å²) in [6.45, 7) is 3.03. The summed E-state index contributed by atoms with van der Waals surface area (Å²) < 4.78 is 2.09. The van der Waals surface area contributed by atoms with Gasteiger partial charge in [-0.2, -0.15) is 0 Å². The molecule has 1 saturated heterocycles. The first-order valence-corrected chi connectivity index (χ1v) is 9.75. The first-order chi connectivity index (χ1) is 13.2. The fourth-order valence-electron chi connectivity index (χ4n) is 3.56. The molecule has 5 nitrogen and oxygen atoms in total. The van der Waals surface area contributed by atoms with Gasteiger partial charge in [-0.25, -0.2) is 4.98 Å². The molecule has 0 saturated carbocycles. The van der Waals surface area contributed by atoms with E-state index in [1.807, 2.05) is 48.8 Å². The van der Waals surface area contributed by atoms with Gasteiger partial charge in [0.2, 0.25) is 0 Å². The minimum absolute atomic E-state index is 0.0220. The second kappa shape index (κ2) is 7.66. The number of rotatable bonds is 5. The van der Waals surface area contributed by atoms with Crippen LogP contribution in [0.15, 0.2) is 61.1 Å². The highest BCUT2D eigenvalue weighted by Crippen LogP contribution is 2.39. The number of nitrogens with zero attached hydrogens (tertiary/aromatic N) is 4. The van der Waals surface area contributed by atoms with Crippen LogP contribution in [0.25, 0.3) is 5.82 Å². The number of hydrogen-bond acceptors (Lipinski definition) is 3. The molecule has 0 amide bonds. The average molecular weight is 398 g/mol. The molecule has 2 atom stereocenters. The molecule has 138 valence electrons. The summed E-state index contributed by atoms with van der Waals surface area (Å²) in [6.07, 6.45) is 6.51. The van der Waals surface area contributed by atoms with Crippen molar-refractivity contribution in [1.82, 2.24) is 24.8 Å². The van der Waals surface area contributed by atoms with E-state index in [0.29, 0.717) is 5.02 Å². The molecule has 0 unspecified atom stereocenters. The highest BCUT2D eigenvalue weighted by molar-refractivity contribution is 7.80. The topological polar surface area (TPSA) is 46.0 Å². The smallest absolute Gasteiger partial charge is 0.170 e. The van der Waals surface area contributed by atoms with Crippen molar-refractivity contribution in [2.45, 2.75) is 25.4 Å². The third-order valence-electron chi connectivity index (χ3n) is 4.70. The number of halogens is 1. The van der Waals surface area contributed by atoms with Gasteiger partial charge in [0.05, 0.1) is 22.8 Å². The van der Waals surface area contributed by atoms with E-state index in [0.717, 1.165) is 35.3 Å². The summed E-state index contributed by atoms with van der Waals surface area (Å²) in [4.78, 5) is 11.3. The van der Waals surface area contributed by atoms with Crippen molar-refractivity contribution in [1.29, 1.82) is 0 Å². The van der Waals surface area contributed by atoms with E-state index < -0.39 is 0 Å². The van der Waals surface area contributed by atoms with Gasteiger partial charge in [0.1, 0.15) is 5.82 Å². The molecule has 1 aliphatic rings. The number of hydrogen-bond donors (Lipinski definition) is 1. The van der Waals surface area contributed by atoms with E-state index in [1.165, 1.54) is 0 Å². The molecule has 1 aliphatic heterocycles. The fourth-order valence-corrected chi connectivity index (χ4v) is 4.01. The van der Waals surface area contributed by atoms with Gasteiger partial charge in [-0.3, -0.25) is 4.98 Å². The normalized spacial score (nSPS) is 19.3. The summed E-state index contributed by atoms with van der Waals surface area (Å²) in [6, 6.07) is 13.9. The lowest BCUT2D eigenvalue weighted by molar-refractivity contribution is 0.308. The minimum atomic E-state index is -0.0220. The van der Waals surface area contributed by atoms with Gasteiger partial charge in [-0.15, -0.1) is 0 Å². The molecule has 3 aromatic rings. The van der Waals surface area contributed by atoms with Crippen molar-refractivity contribution >= 4 is 28.9 Å². The predicted molar refractivity (Wildman–Crippen MR) is 111 cm³/mol. The Balaban J connectivity index is 1.80. The molecule has 1 N–H and O–H groups in total. The fraction of sp³-hybridized carbons (Fsp3) is 0.250. The maximum Gasteiger partial charge on any atom is 0.170 e. The zero-order valence-electron chi connectivity index (χ0n) is 14.9. The van der Waals surface area contributed by atoms with Crippen LogP contribution in [0.3, 0.4) is 0 Å². The molecule has 27 heavy (non-hydrogen) atoms. The minimum Gasteiger partial charge on any atom is -0.352 e. The number of thiocarbonyl (C=S) groups is 1. The second-order valence-corrected chi connectivity index (χ2v) is 7.28. The SMILES string of the molecule is CCCN1C(=S)N[C@H](c2ccccn2)[C@@H]1c1cccn1-c1ccc(Cl)cn1. The molecule has 0 bridgehead atoms. The monoisotopic (exact) mass is 397 g/mol. The van der Waals surface area contributed by atoms with Gasteiger partial charge >= 0.3 is 0 Å². The van der Waals surface area contributed by atoms with Crippen molar-refractivity contribution in [3.8, 4) is 5.82 Å².